The van der Waals surface area contributed by atoms with E-state index in [9.17, 15) is 10.1 Å². The number of nitrogens with one attached hydrogen (secondary N) is 1. The molecule has 18 heavy (non-hydrogen) atoms. The molecule has 0 aromatic carbocycles. The summed E-state index contributed by atoms with van der Waals surface area (Å²) < 4.78 is 0. The molecule has 2 unspecified atom stereocenters. The molecule has 1 heterocycles. The molecule has 1 saturated carbocycles. The molecule has 0 aliphatic heterocycles. The van der Waals surface area contributed by atoms with Crippen LogP contribution in [0.3, 0.4) is 0 Å². The molecule has 2 atom stereocenters. The van der Waals surface area contributed by atoms with Gasteiger partial charge in [-0.25, -0.2) is 4.98 Å². The number of pyridine rings is 1. The van der Waals surface area contributed by atoms with Crippen molar-refractivity contribution in [2.45, 2.75) is 37.0 Å². The van der Waals surface area contributed by atoms with E-state index < -0.39 is 0 Å². The highest BCUT2D eigenvalue weighted by atomic mass is 32.2. The van der Waals surface area contributed by atoms with Gasteiger partial charge < -0.3 is 5.32 Å². The summed E-state index contributed by atoms with van der Waals surface area (Å²) in [5.41, 5.74) is 0.0870. The van der Waals surface area contributed by atoms with Crippen LogP contribution in [-0.4, -0.2) is 27.5 Å². The number of hydrogen-bond donors (Lipinski definition) is 1. The van der Waals surface area contributed by atoms with Crippen LogP contribution in [0.5, 0.6) is 0 Å². The zero-order chi connectivity index (χ0) is 13.0. The van der Waals surface area contributed by atoms with Gasteiger partial charge in [-0.1, -0.05) is 12.8 Å². The highest BCUT2D eigenvalue weighted by Crippen LogP contribution is 2.29. The Hall–Kier alpha value is -1.30. The minimum Gasteiger partial charge on any atom is -0.366 e. The van der Waals surface area contributed by atoms with Crippen molar-refractivity contribution in [1.29, 1.82) is 0 Å². The maximum atomic E-state index is 10.7. The van der Waals surface area contributed by atoms with E-state index in [1.54, 1.807) is 0 Å². The van der Waals surface area contributed by atoms with E-state index in [-0.39, 0.29) is 10.6 Å². The first-order valence-corrected chi connectivity index (χ1v) is 7.39. The first-order valence-electron chi connectivity index (χ1n) is 6.10. The molecule has 0 amide bonds. The zero-order valence-corrected chi connectivity index (χ0v) is 11.2. The van der Waals surface area contributed by atoms with Crippen LogP contribution >= 0.6 is 11.8 Å². The van der Waals surface area contributed by atoms with Gasteiger partial charge in [-0.3, -0.25) is 10.1 Å². The van der Waals surface area contributed by atoms with Gasteiger partial charge in [-0.15, -0.1) is 0 Å². The lowest BCUT2D eigenvalue weighted by Gasteiger charge is -2.31. The summed E-state index contributed by atoms with van der Waals surface area (Å²) in [5, 5.41) is 14.6. The van der Waals surface area contributed by atoms with Crippen LogP contribution in [0.25, 0.3) is 0 Å². The van der Waals surface area contributed by atoms with Crippen LogP contribution in [-0.2, 0) is 0 Å². The second-order valence-electron chi connectivity index (χ2n) is 4.47. The van der Waals surface area contributed by atoms with Crippen molar-refractivity contribution < 1.29 is 4.92 Å². The molecule has 1 aliphatic rings. The van der Waals surface area contributed by atoms with Gasteiger partial charge in [0, 0.05) is 23.6 Å². The van der Waals surface area contributed by atoms with Crippen molar-refractivity contribution in [3.05, 3.63) is 28.4 Å². The molecule has 1 N–H and O–H groups in total. The molecule has 0 saturated heterocycles. The first kappa shape index (κ1) is 13.1. The molecule has 5 nitrogen and oxygen atoms in total. The summed E-state index contributed by atoms with van der Waals surface area (Å²) in [5.74, 6) is 0.607. The minimum atomic E-state index is -0.389. The van der Waals surface area contributed by atoms with E-state index in [1.165, 1.54) is 37.6 Å². The molecule has 1 aliphatic carbocycles. The zero-order valence-electron chi connectivity index (χ0n) is 10.3. The predicted octanol–water partition coefficient (Wildman–Crippen LogP) is 3.08. The van der Waals surface area contributed by atoms with Gasteiger partial charge in [0.1, 0.15) is 5.82 Å². The minimum absolute atomic E-state index is 0.0870. The quantitative estimate of drug-likeness (QED) is 0.670. The van der Waals surface area contributed by atoms with Gasteiger partial charge >= 0.3 is 0 Å². The highest BCUT2D eigenvalue weighted by Gasteiger charge is 2.24. The number of nitrogens with zero attached hydrogens (tertiary/aromatic N) is 2. The summed E-state index contributed by atoms with van der Waals surface area (Å²) in [6, 6.07) is 3.28. The summed E-state index contributed by atoms with van der Waals surface area (Å²) in [6.07, 6.45) is 8.39. The van der Waals surface area contributed by atoms with Crippen molar-refractivity contribution in [3.63, 3.8) is 0 Å². The number of aromatic nitrogens is 1. The van der Waals surface area contributed by atoms with Crippen molar-refractivity contribution in [2.75, 3.05) is 11.6 Å². The maximum Gasteiger partial charge on any atom is 0.274 e. The standard InChI is InChI=1S/C12H17N3O2S/c1-18-11-5-3-2-4-10(11)14-12-8-9(15(16)17)6-7-13-12/h6-8,10-11H,2-5H2,1H3,(H,13,14). The normalized spacial score (nSPS) is 23.6. The molecule has 1 fully saturated rings. The molecule has 2 rings (SSSR count). The summed E-state index contributed by atoms with van der Waals surface area (Å²) in [6.45, 7) is 0. The fourth-order valence-electron chi connectivity index (χ4n) is 2.35. The molecule has 0 spiro atoms. The number of nitro groups is 1. The molecular formula is C12H17N3O2S. The lowest BCUT2D eigenvalue weighted by Crippen LogP contribution is -2.34. The second-order valence-corrected chi connectivity index (χ2v) is 5.54. The van der Waals surface area contributed by atoms with E-state index in [0.717, 1.165) is 6.42 Å². The third kappa shape index (κ3) is 3.13. The van der Waals surface area contributed by atoms with Gasteiger partial charge in [-0.05, 0) is 19.1 Å². The van der Waals surface area contributed by atoms with Crippen LogP contribution in [0.15, 0.2) is 18.3 Å². The summed E-state index contributed by atoms with van der Waals surface area (Å²) in [4.78, 5) is 14.5. The molecular weight excluding hydrogens is 250 g/mol. The Bertz CT molecular complexity index is 428. The van der Waals surface area contributed by atoms with Crippen molar-refractivity contribution in [1.82, 2.24) is 4.98 Å². The van der Waals surface area contributed by atoms with Crippen LogP contribution in [0, 0.1) is 10.1 Å². The molecule has 0 radical (unpaired) electrons. The smallest absolute Gasteiger partial charge is 0.274 e. The Labute approximate surface area is 111 Å². The Kier molecular flexibility index (Phi) is 4.41. The molecule has 1 aromatic heterocycles. The summed E-state index contributed by atoms with van der Waals surface area (Å²) in [7, 11) is 0. The van der Waals surface area contributed by atoms with Crippen molar-refractivity contribution in [2.24, 2.45) is 0 Å². The second kappa shape index (κ2) is 6.04. The highest BCUT2D eigenvalue weighted by molar-refractivity contribution is 7.99. The van der Waals surface area contributed by atoms with E-state index in [1.807, 2.05) is 11.8 Å². The van der Waals surface area contributed by atoms with Gasteiger partial charge in [0.15, 0.2) is 0 Å². The average Bonchev–Trinajstić information content (AvgIpc) is 2.39. The van der Waals surface area contributed by atoms with Crippen LogP contribution in [0.4, 0.5) is 11.5 Å². The third-order valence-corrected chi connectivity index (χ3v) is 4.46. The summed E-state index contributed by atoms with van der Waals surface area (Å²) >= 11 is 1.86. The molecule has 6 heteroatoms. The number of hydrogen-bond acceptors (Lipinski definition) is 5. The van der Waals surface area contributed by atoms with Crippen molar-refractivity contribution >= 4 is 23.3 Å². The number of thioether (sulfide) groups is 1. The first-order chi connectivity index (χ1) is 8.70. The lowest BCUT2D eigenvalue weighted by atomic mass is 9.95. The van der Waals surface area contributed by atoms with Gasteiger partial charge in [0.25, 0.3) is 5.69 Å². The van der Waals surface area contributed by atoms with E-state index in [2.05, 4.69) is 16.6 Å². The lowest BCUT2D eigenvalue weighted by molar-refractivity contribution is -0.384. The largest absolute Gasteiger partial charge is 0.366 e. The Morgan fingerprint density at radius 3 is 3.00 bits per heavy atom. The SMILES string of the molecule is CSC1CCCCC1Nc1cc([N+](=O)[O-])ccn1. The number of rotatable bonds is 4. The molecule has 1 aromatic rings. The number of anilines is 1. The van der Waals surface area contributed by atoms with Crippen LogP contribution < -0.4 is 5.32 Å². The van der Waals surface area contributed by atoms with Gasteiger partial charge in [0.2, 0.25) is 0 Å². The van der Waals surface area contributed by atoms with E-state index in [0.29, 0.717) is 17.1 Å². The monoisotopic (exact) mass is 267 g/mol. The van der Waals surface area contributed by atoms with Crippen molar-refractivity contribution in [3.8, 4) is 0 Å². The predicted molar refractivity (Wildman–Crippen MR) is 74.1 cm³/mol. The van der Waals surface area contributed by atoms with Crippen LogP contribution in [0.2, 0.25) is 0 Å². The van der Waals surface area contributed by atoms with E-state index >= 15 is 0 Å². The Morgan fingerprint density at radius 1 is 1.50 bits per heavy atom. The van der Waals surface area contributed by atoms with Gasteiger partial charge in [0.05, 0.1) is 11.0 Å². The third-order valence-electron chi connectivity index (χ3n) is 3.29. The Morgan fingerprint density at radius 2 is 2.28 bits per heavy atom. The topological polar surface area (TPSA) is 68.1 Å². The maximum absolute atomic E-state index is 10.7. The average molecular weight is 267 g/mol. The molecule has 0 bridgehead atoms. The molecule has 98 valence electrons. The fraction of sp³-hybridized carbons (Fsp3) is 0.583. The van der Waals surface area contributed by atoms with E-state index in [4.69, 9.17) is 0 Å². The Balaban J connectivity index is 2.07. The van der Waals surface area contributed by atoms with Gasteiger partial charge in [-0.2, -0.15) is 11.8 Å². The fourth-order valence-corrected chi connectivity index (χ4v) is 3.28. The van der Waals surface area contributed by atoms with Crippen LogP contribution in [0.1, 0.15) is 25.7 Å².